The summed E-state index contributed by atoms with van der Waals surface area (Å²) in [5.74, 6) is -0.132. The molecule has 3 aromatic carbocycles. The van der Waals surface area contributed by atoms with Crippen molar-refractivity contribution in [1.82, 2.24) is 15.0 Å². The monoisotopic (exact) mass is 668 g/mol. The molecule has 0 spiro atoms. The summed E-state index contributed by atoms with van der Waals surface area (Å²) < 4.78 is 36.1. The van der Waals surface area contributed by atoms with Crippen molar-refractivity contribution >= 4 is 56.2 Å². The highest BCUT2D eigenvalue weighted by atomic mass is 32.2. The van der Waals surface area contributed by atoms with Crippen molar-refractivity contribution < 1.29 is 22.9 Å². The Hall–Kier alpha value is -4.44. The molecule has 45 heavy (non-hydrogen) atoms. The quantitative estimate of drug-likeness (QED) is 0.0901. The molecule has 0 aliphatic heterocycles. The van der Waals surface area contributed by atoms with Crippen LogP contribution in [0.1, 0.15) is 34.6 Å². The predicted molar refractivity (Wildman–Crippen MR) is 180 cm³/mol. The van der Waals surface area contributed by atoms with Crippen LogP contribution in [0.5, 0.6) is 5.75 Å². The van der Waals surface area contributed by atoms with Gasteiger partial charge >= 0.3 is 6.09 Å². The minimum Gasteiger partial charge on any atom is -0.410 e. The van der Waals surface area contributed by atoms with Crippen LogP contribution in [-0.2, 0) is 10.0 Å². The number of anilines is 1. The van der Waals surface area contributed by atoms with Gasteiger partial charge in [-0.15, -0.1) is 11.3 Å². The van der Waals surface area contributed by atoms with E-state index in [9.17, 15) is 23.3 Å². The lowest BCUT2D eigenvalue weighted by Crippen LogP contribution is -2.40. The molecular weight excluding hydrogens is 637 g/mol. The molecule has 0 aliphatic rings. The molecule has 0 saturated carbocycles. The van der Waals surface area contributed by atoms with E-state index >= 15 is 0 Å². The zero-order valence-electron chi connectivity index (χ0n) is 25.1. The summed E-state index contributed by atoms with van der Waals surface area (Å²) in [6, 6.07) is 15.8. The van der Waals surface area contributed by atoms with Crippen LogP contribution >= 0.6 is 23.6 Å². The zero-order valence-corrected chi connectivity index (χ0v) is 27.5. The molecular formula is C30H32N6O6S3. The van der Waals surface area contributed by atoms with E-state index in [0.717, 1.165) is 11.3 Å². The van der Waals surface area contributed by atoms with Crippen LogP contribution in [0, 0.1) is 10.1 Å². The number of nitro groups is 1. The molecule has 0 fully saturated rings. The van der Waals surface area contributed by atoms with E-state index in [1.54, 1.807) is 27.0 Å². The molecule has 0 unspecified atom stereocenters. The number of nitrogens with zero attached hydrogens (tertiary/aromatic N) is 2. The Bertz CT molecular complexity index is 1850. The summed E-state index contributed by atoms with van der Waals surface area (Å²) in [6.07, 6.45) is 0.407. The van der Waals surface area contributed by atoms with Crippen molar-refractivity contribution in [2.45, 2.75) is 51.1 Å². The van der Waals surface area contributed by atoms with Gasteiger partial charge in [0.15, 0.2) is 5.11 Å². The summed E-state index contributed by atoms with van der Waals surface area (Å²) in [4.78, 5) is 27.5. The minimum absolute atomic E-state index is 0.00861. The summed E-state index contributed by atoms with van der Waals surface area (Å²) >= 11 is 6.58. The van der Waals surface area contributed by atoms with Gasteiger partial charge in [-0.25, -0.2) is 22.9 Å². The number of nitro benzene ring substituents is 1. The lowest BCUT2D eigenvalue weighted by molar-refractivity contribution is -0.384. The largest absolute Gasteiger partial charge is 0.410 e. The van der Waals surface area contributed by atoms with E-state index in [1.165, 1.54) is 47.7 Å². The van der Waals surface area contributed by atoms with Gasteiger partial charge in [0.1, 0.15) is 15.7 Å². The number of hydrogen-bond donors (Lipinski definition) is 4. The second-order valence-corrected chi connectivity index (χ2v) is 14.3. The second-order valence-electron chi connectivity index (χ2n) is 11.3. The first-order valence-electron chi connectivity index (χ1n) is 13.6. The molecule has 0 radical (unpaired) electrons. The number of thiocarbonyl (C=S) groups is 1. The van der Waals surface area contributed by atoms with E-state index in [2.05, 4.69) is 20.3 Å². The summed E-state index contributed by atoms with van der Waals surface area (Å²) in [5, 5.41) is 18.7. The number of ether oxygens (including phenoxy) is 1. The third-order valence-electron chi connectivity index (χ3n) is 5.99. The van der Waals surface area contributed by atoms with Crippen molar-refractivity contribution in [3.05, 3.63) is 77.0 Å². The predicted octanol–water partition coefficient (Wildman–Crippen LogP) is 6.28. The Morgan fingerprint density at radius 1 is 1.04 bits per heavy atom. The number of hydrogen-bond acceptors (Lipinski definition) is 9. The SMILES string of the molecule is CC(C)NC(=S)Nc1ccc(-c2ncc(-c3ccc(OC(N)=O)c(-c4ccc([N+](=O)[O-])cc4)c3S(=O)(=O)NC(C)(C)C)s2)cc1. The molecule has 0 saturated heterocycles. The molecule has 236 valence electrons. The van der Waals surface area contributed by atoms with Gasteiger partial charge in [-0.1, -0.05) is 0 Å². The standard InChI is InChI=1S/C30H32N6O6S3/c1-17(2)33-29(43)34-20-10-6-19(7-11-20)27-32-16-24(44-27)22-14-15-23(42-28(31)37)25(18-8-12-21(13-9-18)36(38)39)26(22)45(40,41)35-30(3,4)5/h6-17,35H,1-5H3,(H2,31,37)(H2,33,34,43). The van der Waals surface area contributed by atoms with Crippen LogP contribution in [0.2, 0.25) is 0 Å². The number of primary amides is 1. The summed E-state index contributed by atoms with van der Waals surface area (Å²) in [7, 11) is -4.31. The van der Waals surface area contributed by atoms with Gasteiger partial charge in [-0.3, -0.25) is 10.1 Å². The molecule has 5 N–H and O–H groups in total. The van der Waals surface area contributed by atoms with Crippen LogP contribution in [0.4, 0.5) is 16.2 Å². The van der Waals surface area contributed by atoms with E-state index < -0.39 is 26.6 Å². The van der Waals surface area contributed by atoms with Crippen LogP contribution in [0.15, 0.2) is 71.8 Å². The first kappa shape index (κ1) is 33.5. The zero-order chi connectivity index (χ0) is 33.1. The first-order valence-corrected chi connectivity index (χ1v) is 16.3. The molecule has 0 aliphatic carbocycles. The molecule has 4 aromatic rings. The fourth-order valence-corrected chi connectivity index (χ4v) is 7.60. The smallest absolute Gasteiger partial charge is 0.409 e. The Morgan fingerprint density at radius 3 is 2.22 bits per heavy atom. The average Bonchev–Trinajstić information content (AvgIpc) is 3.41. The van der Waals surface area contributed by atoms with Crippen LogP contribution < -0.4 is 25.8 Å². The number of non-ortho nitro benzene ring substituents is 1. The first-order chi connectivity index (χ1) is 21.0. The van der Waals surface area contributed by atoms with Crippen molar-refractivity contribution in [2.24, 2.45) is 5.73 Å². The van der Waals surface area contributed by atoms with Gasteiger partial charge in [0, 0.05) is 52.3 Å². The van der Waals surface area contributed by atoms with E-state index in [0.29, 0.717) is 15.0 Å². The normalized spacial score (nSPS) is 11.7. The van der Waals surface area contributed by atoms with Crippen LogP contribution in [0.25, 0.3) is 32.1 Å². The van der Waals surface area contributed by atoms with Crippen LogP contribution in [-0.4, -0.2) is 41.1 Å². The molecule has 0 bridgehead atoms. The summed E-state index contributed by atoms with van der Waals surface area (Å²) in [5.41, 5.74) is 6.37. The van der Waals surface area contributed by atoms with Crippen molar-refractivity contribution in [3.8, 4) is 37.9 Å². The molecule has 15 heteroatoms. The third-order valence-corrected chi connectivity index (χ3v) is 9.13. The number of nitrogens with two attached hydrogens (primary N) is 1. The maximum Gasteiger partial charge on any atom is 0.409 e. The maximum atomic E-state index is 14.1. The number of amides is 1. The van der Waals surface area contributed by atoms with Crippen molar-refractivity contribution in [2.75, 3.05) is 5.32 Å². The van der Waals surface area contributed by atoms with Gasteiger partial charge in [-0.05, 0) is 101 Å². The molecule has 1 aromatic heterocycles. The van der Waals surface area contributed by atoms with E-state index in [1.807, 2.05) is 38.1 Å². The Kier molecular flexibility index (Phi) is 9.87. The maximum absolute atomic E-state index is 14.1. The number of aromatic nitrogens is 1. The van der Waals surface area contributed by atoms with Crippen LogP contribution in [0.3, 0.4) is 0 Å². The lowest BCUT2D eigenvalue weighted by atomic mass is 10.0. The highest BCUT2D eigenvalue weighted by molar-refractivity contribution is 7.89. The number of carbonyl (C=O) groups is 1. The molecule has 0 atom stereocenters. The Balaban J connectivity index is 1.87. The van der Waals surface area contributed by atoms with Gasteiger partial charge < -0.3 is 21.1 Å². The number of rotatable bonds is 9. The molecule has 12 nitrogen and oxygen atoms in total. The van der Waals surface area contributed by atoms with Gasteiger partial charge in [0.25, 0.3) is 5.69 Å². The van der Waals surface area contributed by atoms with E-state index in [-0.39, 0.29) is 39.1 Å². The van der Waals surface area contributed by atoms with Gasteiger partial charge in [0.2, 0.25) is 10.0 Å². The summed E-state index contributed by atoms with van der Waals surface area (Å²) in [6.45, 7) is 9.04. The Morgan fingerprint density at radius 2 is 1.67 bits per heavy atom. The molecule has 1 amide bonds. The number of sulfonamides is 1. The third kappa shape index (κ3) is 8.39. The molecule has 4 rings (SSSR count). The van der Waals surface area contributed by atoms with Gasteiger partial charge in [-0.2, -0.15) is 0 Å². The minimum atomic E-state index is -4.31. The Labute approximate surface area is 270 Å². The number of thiazole rings is 1. The average molecular weight is 669 g/mol. The highest BCUT2D eigenvalue weighted by Gasteiger charge is 2.32. The van der Waals surface area contributed by atoms with Gasteiger partial charge in [0.05, 0.1) is 9.80 Å². The fourth-order valence-electron chi connectivity index (χ4n) is 4.37. The number of benzene rings is 3. The lowest BCUT2D eigenvalue weighted by Gasteiger charge is -2.24. The number of nitrogens with one attached hydrogen (secondary N) is 3. The van der Waals surface area contributed by atoms with Crippen molar-refractivity contribution in [1.29, 1.82) is 0 Å². The second kappa shape index (κ2) is 13.3. The fraction of sp³-hybridized carbons (Fsp3) is 0.233. The topological polar surface area (TPSA) is 179 Å². The highest BCUT2D eigenvalue weighted by Crippen LogP contribution is 2.45. The van der Waals surface area contributed by atoms with Crippen molar-refractivity contribution in [3.63, 3.8) is 0 Å². The molecule has 1 heterocycles. The number of carbonyl (C=O) groups excluding carboxylic acids is 1. The van der Waals surface area contributed by atoms with E-state index in [4.69, 9.17) is 22.7 Å².